The van der Waals surface area contributed by atoms with E-state index in [0.717, 1.165) is 5.56 Å². The minimum Gasteiger partial charge on any atom is -0.463 e. The molecule has 0 aliphatic rings. The third-order valence-electron chi connectivity index (χ3n) is 2.68. The highest BCUT2D eigenvalue weighted by Crippen LogP contribution is 2.23. The van der Waals surface area contributed by atoms with Gasteiger partial charge >= 0.3 is 5.97 Å². The Morgan fingerprint density at radius 2 is 1.88 bits per heavy atom. The Bertz CT molecular complexity index is 398. The molecule has 0 aliphatic carbocycles. The van der Waals surface area contributed by atoms with E-state index >= 15 is 0 Å². The zero-order valence-corrected chi connectivity index (χ0v) is 9.90. The maximum Gasteiger partial charge on any atom is 0.374 e. The van der Waals surface area contributed by atoms with Gasteiger partial charge in [-0.05, 0) is 30.0 Å². The van der Waals surface area contributed by atoms with Crippen LogP contribution >= 0.6 is 0 Å². The lowest BCUT2D eigenvalue weighted by Gasteiger charge is -2.13. The lowest BCUT2D eigenvalue weighted by molar-refractivity contribution is -0.151. The van der Waals surface area contributed by atoms with Gasteiger partial charge in [0.1, 0.15) is 5.82 Å². The number of carbonyl (C=O) groups excluding carboxylic acids is 2. The highest BCUT2D eigenvalue weighted by molar-refractivity contribution is 6.33. The molecule has 0 spiro atoms. The van der Waals surface area contributed by atoms with Gasteiger partial charge in [-0.3, -0.25) is 4.79 Å². The summed E-state index contributed by atoms with van der Waals surface area (Å²) >= 11 is 0. The molecule has 0 saturated carbocycles. The molecule has 0 unspecified atom stereocenters. The highest BCUT2D eigenvalue weighted by atomic mass is 19.1. The van der Waals surface area contributed by atoms with Gasteiger partial charge in [-0.15, -0.1) is 0 Å². The van der Waals surface area contributed by atoms with E-state index in [9.17, 15) is 14.0 Å². The first-order chi connectivity index (χ1) is 8.08. The molecule has 0 aliphatic heterocycles. The summed E-state index contributed by atoms with van der Waals surface area (Å²) in [5.41, 5.74) is 0.853. The first-order valence-electron chi connectivity index (χ1n) is 5.45. The van der Waals surface area contributed by atoms with Crippen LogP contribution in [0.15, 0.2) is 24.3 Å². The average molecular weight is 238 g/mol. The average Bonchev–Trinajstić information content (AvgIpc) is 2.35. The minimum absolute atomic E-state index is 0.0813. The van der Waals surface area contributed by atoms with Crippen LogP contribution in [0.1, 0.15) is 31.2 Å². The Balaban J connectivity index is 2.75. The third-order valence-corrected chi connectivity index (χ3v) is 2.68. The van der Waals surface area contributed by atoms with Gasteiger partial charge in [-0.2, -0.15) is 0 Å². The molecule has 0 amide bonds. The number of methoxy groups -OCH3 is 1. The van der Waals surface area contributed by atoms with E-state index in [1.807, 2.05) is 6.92 Å². The second kappa shape index (κ2) is 6.13. The van der Waals surface area contributed by atoms with E-state index in [-0.39, 0.29) is 18.2 Å². The standard InChI is InChI=1S/C13H15FO3/c1-3-9(8-12(15)13(16)17-2)10-4-6-11(14)7-5-10/h4-7,9H,3,8H2,1-2H3/t9-/m0/s1. The molecular formula is C13H15FO3. The normalized spacial score (nSPS) is 11.9. The summed E-state index contributed by atoms with van der Waals surface area (Å²) in [6.45, 7) is 1.92. The summed E-state index contributed by atoms with van der Waals surface area (Å²) in [4.78, 5) is 22.5. The number of carbonyl (C=O) groups is 2. The van der Waals surface area contributed by atoms with Crippen molar-refractivity contribution in [3.8, 4) is 0 Å². The van der Waals surface area contributed by atoms with Gasteiger partial charge in [0.15, 0.2) is 0 Å². The quantitative estimate of drug-likeness (QED) is 0.584. The van der Waals surface area contributed by atoms with Crippen LogP contribution in [0.4, 0.5) is 4.39 Å². The van der Waals surface area contributed by atoms with E-state index in [0.29, 0.717) is 6.42 Å². The number of rotatable bonds is 5. The van der Waals surface area contributed by atoms with Crippen LogP contribution in [0.3, 0.4) is 0 Å². The molecule has 1 aromatic carbocycles. The molecule has 1 aromatic rings. The molecule has 3 nitrogen and oxygen atoms in total. The molecule has 0 heterocycles. The van der Waals surface area contributed by atoms with Crippen molar-refractivity contribution in [2.24, 2.45) is 0 Å². The van der Waals surface area contributed by atoms with Gasteiger partial charge in [0, 0.05) is 6.42 Å². The van der Waals surface area contributed by atoms with Crippen molar-refractivity contribution in [1.82, 2.24) is 0 Å². The molecule has 1 atom stereocenters. The number of benzene rings is 1. The van der Waals surface area contributed by atoms with Gasteiger partial charge in [-0.1, -0.05) is 19.1 Å². The third kappa shape index (κ3) is 3.66. The van der Waals surface area contributed by atoms with Crippen molar-refractivity contribution in [3.05, 3.63) is 35.6 Å². The van der Waals surface area contributed by atoms with Crippen LogP contribution in [0, 0.1) is 5.82 Å². The van der Waals surface area contributed by atoms with Crippen LogP contribution in [0.5, 0.6) is 0 Å². The lowest BCUT2D eigenvalue weighted by atomic mass is 9.91. The number of hydrogen-bond donors (Lipinski definition) is 0. The summed E-state index contributed by atoms with van der Waals surface area (Å²) in [6.07, 6.45) is 0.795. The molecule has 0 fully saturated rings. The Kier molecular flexibility index (Phi) is 4.82. The summed E-state index contributed by atoms with van der Waals surface area (Å²) in [7, 11) is 1.18. The van der Waals surface area contributed by atoms with Gasteiger partial charge < -0.3 is 4.74 Å². The monoisotopic (exact) mass is 238 g/mol. The number of ketones is 1. The van der Waals surface area contributed by atoms with Crippen molar-refractivity contribution in [3.63, 3.8) is 0 Å². The van der Waals surface area contributed by atoms with Gasteiger partial charge in [-0.25, -0.2) is 9.18 Å². The Hall–Kier alpha value is -1.71. The van der Waals surface area contributed by atoms with Crippen molar-refractivity contribution >= 4 is 11.8 Å². The van der Waals surface area contributed by atoms with Gasteiger partial charge in [0.05, 0.1) is 7.11 Å². The maximum atomic E-state index is 12.8. The number of Topliss-reactive ketones (excluding diaryl/α,β-unsaturated/α-hetero) is 1. The maximum absolute atomic E-state index is 12.8. The molecule has 17 heavy (non-hydrogen) atoms. The highest BCUT2D eigenvalue weighted by Gasteiger charge is 2.20. The largest absolute Gasteiger partial charge is 0.463 e. The van der Waals surface area contributed by atoms with Gasteiger partial charge in [0.25, 0.3) is 0 Å². The van der Waals surface area contributed by atoms with Crippen LogP contribution < -0.4 is 0 Å². The van der Waals surface area contributed by atoms with Gasteiger partial charge in [0.2, 0.25) is 5.78 Å². The predicted octanol–water partition coefficient (Wildman–Crippen LogP) is 2.45. The molecule has 0 radical (unpaired) electrons. The van der Waals surface area contributed by atoms with E-state index in [1.54, 1.807) is 12.1 Å². The molecule has 92 valence electrons. The number of esters is 1. The topological polar surface area (TPSA) is 43.4 Å². The van der Waals surface area contributed by atoms with E-state index < -0.39 is 11.8 Å². The molecule has 0 aromatic heterocycles. The fraction of sp³-hybridized carbons (Fsp3) is 0.385. The number of halogens is 1. The van der Waals surface area contributed by atoms with Crippen LogP contribution in [0.2, 0.25) is 0 Å². The zero-order chi connectivity index (χ0) is 12.8. The fourth-order valence-corrected chi connectivity index (χ4v) is 1.65. The van der Waals surface area contributed by atoms with Crippen molar-refractivity contribution in [2.75, 3.05) is 7.11 Å². The van der Waals surface area contributed by atoms with Crippen LogP contribution in [-0.4, -0.2) is 18.9 Å². The molecule has 4 heteroatoms. The molecule has 1 rings (SSSR count). The predicted molar refractivity (Wildman–Crippen MR) is 61.1 cm³/mol. The Labute approximate surface area is 99.6 Å². The Morgan fingerprint density at radius 1 is 1.29 bits per heavy atom. The first kappa shape index (κ1) is 13.4. The number of hydrogen-bond acceptors (Lipinski definition) is 3. The summed E-state index contributed by atoms with van der Waals surface area (Å²) in [5.74, 6) is -1.78. The van der Waals surface area contributed by atoms with Crippen molar-refractivity contribution in [1.29, 1.82) is 0 Å². The first-order valence-corrected chi connectivity index (χ1v) is 5.45. The van der Waals surface area contributed by atoms with Crippen molar-refractivity contribution in [2.45, 2.75) is 25.7 Å². The molecule has 0 saturated heterocycles. The van der Waals surface area contributed by atoms with Crippen molar-refractivity contribution < 1.29 is 18.7 Å². The summed E-state index contributed by atoms with van der Waals surface area (Å²) < 4.78 is 17.1. The summed E-state index contributed by atoms with van der Waals surface area (Å²) in [5, 5.41) is 0. The lowest BCUT2D eigenvalue weighted by Crippen LogP contribution is -2.18. The van der Waals surface area contributed by atoms with E-state index in [2.05, 4.69) is 4.74 Å². The molecule has 0 N–H and O–H groups in total. The van der Waals surface area contributed by atoms with E-state index in [1.165, 1.54) is 19.2 Å². The second-order valence-corrected chi connectivity index (χ2v) is 3.78. The minimum atomic E-state index is -0.828. The number of ether oxygens (including phenoxy) is 1. The molecule has 0 bridgehead atoms. The van der Waals surface area contributed by atoms with Crippen LogP contribution in [-0.2, 0) is 14.3 Å². The SMILES string of the molecule is CC[C@@H](CC(=O)C(=O)OC)c1ccc(F)cc1. The summed E-state index contributed by atoms with van der Waals surface area (Å²) in [6, 6.07) is 5.96. The second-order valence-electron chi connectivity index (χ2n) is 3.78. The Morgan fingerprint density at radius 3 is 2.35 bits per heavy atom. The fourth-order valence-electron chi connectivity index (χ4n) is 1.65. The van der Waals surface area contributed by atoms with Crippen LogP contribution in [0.25, 0.3) is 0 Å². The molecular weight excluding hydrogens is 223 g/mol. The smallest absolute Gasteiger partial charge is 0.374 e. The van der Waals surface area contributed by atoms with E-state index in [4.69, 9.17) is 0 Å². The zero-order valence-electron chi connectivity index (χ0n) is 9.90.